The van der Waals surface area contributed by atoms with Crippen molar-refractivity contribution >= 4 is 11.6 Å². The average molecular weight is 279 g/mol. The van der Waals surface area contributed by atoms with E-state index in [0.717, 1.165) is 56.5 Å². The summed E-state index contributed by atoms with van der Waals surface area (Å²) in [6.45, 7) is 10.3. The average Bonchev–Trinajstić information content (AvgIpc) is 2.40. The molecule has 0 fully saturated rings. The Morgan fingerprint density at radius 3 is 2.40 bits per heavy atom. The van der Waals surface area contributed by atoms with Gasteiger partial charge in [-0.25, -0.2) is 9.97 Å². The van der Waals surface area contributed by atoms with Crippen LogP contribution in [-0.2, 0) is 0 Å². The summed E-state index contributed by atoms with van der Waals surface area (Å²) in [7, 11) is 4.20. The molecule has 0 amide bonds. The van der Waals surface area contributed by atoms with E-state index in [4.69, 9.17) is 0 Å². The van der Waals surface area contributed by atoms with Gasteiger partial charge < -0.3 is 15.1 Å². The van der Waals surface area contributed by atoms with Crippen LogP contribution in [0.2, 0.25) is 0 Å². The number of hydrogen-bond acceptors (Lipinski definition) is 5. The van der Waals surface area contributed by atoms with Gasteiger partial charge in [0.15, 0.2) is 0 Å². The van der Waals surface area contributed by atoms with Crippen molar-refractivity contribution in [1.29, 1.82) is 0 Å². The third-order valence-corrected chi connectivity index (χ3v) is 3.02. The highest BCUT2D eigenvalue weighted by Crippen LogP contribution is 2.16. The maximum absolute atomic E-state index is 4.60. The lowest BCUT2D eigenvalue weighted by Crippen LogP contribution is -2.33. The molecule has 0 saturated heterocycles. The summed E-state index contributed by atoms with van der Waals surface area (Å²) in [4.78, 5) is 13.6. The highest BCUT2D eigenvalue weighted by molar-refractivity contribution is 5.49. The number of nitrogens with zero attached hydrogens (tertiary/aromatic N) is 4. The van der Waals surface area contributed by atoms with E-state index in [9.17, 15) is 0 Å². The summed E-state index contributed by atoms with van der Waals surface area (Å²) >= 11 is 0. The zero-order valence-electron chi connectivity index (χ0n) is 13.6. The van der Waals surface area contributed by atoms with E-state index >= 15 is 0 Å². The van der Waals surface area contributed by atoms with Crippen LogP contribution in [0.1, 0.15) is 32.5 Å². The van der Waals surface area contributed by atoms with Crippen LogP contribution in [0.3, 0.4) is 0 Å². The predicted octanol–water partition coefficient (Wildman–Crippen LogP) is 2.38. The minimum Gasteiger partial charge on any atom is -0.370 e. The molecule has 0 atom stereocenters. The topological polar surface area (TPSA) is 44.3 Å². The van der Waals surface area contributed by atoms with E-state index in [-0.39, 0.29) is 0 Å². The minimum absolute atomic E-state index is 0.826. The van der Waals surface area contributed by atoms with Gasteiger partial charge in [-0.05, 0) is 33.9 Å². The van der Waals surface area contributed by atoms with Gasteiger partial charge in [0, 0.05) is 32.2 Å². The van der Waals surface area contributed by atoms with Crippen molar-refractivity contribution in [3.05, 3.63) is 11.9 Å². The number of likely N-dealkylation sites (N-methyl/N-ethyl adjacent to an activating group) is 1. The van der Waals surface area contributed by atoms with Crippen LogP contribution in [0.4, 0.5) is 11.6 Å². The monoisotopic (exact) mass is 279 g/mol. The molecule has 114 valence electrons. The largest absolute Gasteiger partial charge is 0.370 e. The molecule has 0 aliphatic rings. The lowest BCUT2D eigenvalue weighted by molar-refractivity contribution is 0.412. The number of anilines is 2. The highest BCUT2D eigenvalue weighted by atomic mass is 15.2. The van der Waals surface area contributed by atoms with E-state index in [1.54, 1.807) is 0 Å². The van der Waals surface area contributed by atoms with E-state index < -0.39 is 0 Å². The molecular weight excluding hydrogens is 250 g/mol. The van der Waals surface area contributed by atoms with Crippen molar-refractivity contribution in [1.82, 2.24) is 14.9 Å². The first kappa shape index (κ1) is 16.7. The van der Waals surface area contributed by atoms with Gasteiger partial charge in [-0.1, -0.05) is 13.8 Å². The minimum atomic E-state index is 0.826. The molecule has 0 unspecified atom stereocenters. The lowest BCUT2D eigenvalue weighted by Gasteiger charge is -2.25. The van der Waals surface area contributed by atoms with Crippen LogP contribution < -0.4 is 10.2 Å². The number of nitrogens with one attached hydrogen (secondary N) is 1. The summed E-state index contributed by atoms with van der Waals surface area (Å²) in [6, 6.07) is 2.06. The molecular formula is C15H29N5. The van der Waals surface area contributed by atoms with Crippen molar-refractivity contribution in [3.63, 3.8) is 0 Å². The van der Waals surface area contributed by atoms with Crippen LogP contribution >= 0.6 is 0 Å². The van der Waals surface area contributed by atoms with Crippen molar-refractivity contribution < 1.29 is 0 Å². The number of rotatable bonds is 9. The first-order valence-electron chi connectivity index (χ1n) is 7.56. The third kappa shape index (κ3) is 5.74. The number of aryl methyl sites for hydroxylation is 1. The Morgan fingerprint density at radius 2 is 1.80 bits per heavy atom. The molecule has 0 bridgehead atoms. The Morgan fingerprint density at radius 1 is 1.05 bits per heavy atom. The van der Waals surface area contributed by atoms with E-state index in [1.807, 2.05) is 6.92 Å². The van der Waals surface area contributed by atoms with Crippen molar-refractivity contribution in [3.8, 4) is 0 Å². The quantitative estimate of drug-likeness (QED) is 0.752. The zero-order chi connectivity index (χ0) is 15.0. The number of aromatic nitrogens is 2. The third-order valence-electron chi connectivity index (χ3n) is 3.02. The van der Waals surface area contributed by atoms with Crippen molar-refractivity contribution in [2.75, 3.05) is 50.5 Å². The van der Waals surface area contributed by atoms with Crippen LogP contribution in [0, 0.1) is 6.92 Å². The van der Waals surface area contributed by atoms with Gasteiger partial charge in [-0.15, -0.1) is 0 Å². The smallest absolute Gasteiger partial charge is 0.134 e. The fraction of sp³-hybridized carbons (Fsp3) is 0.733. The lowest BCUT2D eigenvalue weighted by atomic mass is 10.3. The highest BCUT2D eigenvalue weighted by Gasteiger charge is 2.10. The van der Waals surface area contributed by atoms with E-state index in [0.29, 0.717) is 0 Å². The van der Waals surface area contributed by atoms with Crippen LogP contribution in [-0.4, -0.2) is 55.1 Å². The molecule has 0 saturated carbocycles. The van der Waals surface area contributed by atoms with Gasteiger partial charge in [0.1, 0.15) is 17.5 Å². The Balaban J connectivity index is 2.84. The molecule has 0 aromatic carbocycles. The molecule has 1 heterocycles. The van der Waals surface area contributed by atoms with Gasteiger partial charge >= 0.3 is 0 Å². The molecule has 1 aromatic rings. The summed E-state index contributed by atoms with van der Waals surface area (Å²) in [5.41, 5.74) is 0. The molecule has 0 radical (unpaired) electrons. The summed E-state index contributed by atoms with van der Waals surface area (Å²) in [5.74, 6) is 2.78. The van der Waals surface area contributed by atoms with Crippen LogP contribution in [0.25, 0.3) is 0 Å². The second kappa shape index (κ2) is 8.74. The maximum Gasteiger partial charge on any atom is 0.134 e. The molecule has 5 nitrogen and oxygen atoms in total. The van der Waals surface area contributed by atoms with Gasteiger partial charge in [-0.2, -0.15) is 0 Å². The fourth-order valence-corrected chi connectivity index (χ4v) is 1.99. The first-order valence-corrected chi connectivity index (χ1v) is 7.56. The van der Waals surface area contributed by atoms with Crippen molar-refractivity contribution in [2.24, 2.45) is 0 Å². The Hall–Kier alpha value is -1.36. The van der Waals surface area contributed by atoms with Crippen molar-refractivity contribution in [2.45, 2.75) is 33.6 Å². The predicted molar refractivity (Wildman–Crippen MR) is 86.6 cm³/mol. The summed E-state index contributed by atoms with van der Waals surface area (Å²) in [6.07, 6.45) is 2.21. The maximum atomic E-state index is 4.60. The second-order valence-corrected chi connectivity index (χ2v) is 5.38. The van der Waals surface area contributed by atoms with Gasteiger partial charge in [0.2, 0.25) is 0 Å². The molecule has 0 spiro atoms. The zero-order valence-corrected chi connectivity index (χ0v) is 13.6. The summed E-state index contributed by atoms with van der Waals surface area (Å²) in [5, 5.41) is 3.35. The standard InChI is InChI=1S/C15H29N5/c1-6-8-16-14-12-15(18-13(3)17-14)20(9-7-2)11-10-19(4)5/h12H,6-11H2,1-5H3,(H,16,17,18). The molecule has 5 heteroatoms. The van der Waals surface area contributed by atoms with E-state index in [1.165, 1.54) is 0 Å². The number of hydrogen-bond donors (Lipinski definition) is 1. The van der Waals surface area contributed by atoms with E-state index in [2.05, 4.69) is 59.1 Å². The molecule has 1 N–H and O–H groups in total. The molecule has 0 aliphatic heterocycles. The molecule has 1 rings (SSSR count). The Bertz CT molecular complexity index is 392. The van der Waals surface area contributed by atoms with Crippen LogP contribution in [0.15, 0.2) is 6.07 Å². The normalized spacial score (nSPS) is 10.9. The Labute approximate surface area is 123 Å². The second-order valence-electron chi connectivity index (χ2n) is 5.38. The molecule has 0 aliphatic carbocycles. The summed E-state index contributed by atoms with van der Waals surface area (Å²) < 4.78 is 0. The van der Waals surface area contributed by atoms with Gasteiger partial charge in [0.05, 0.1) is 0 Å². The van der Waals surface area contributed by atoms with Gasteiger partial charge in [-0.3, -0.25) is 0 Å². The SMILES string of the molecule is CCCNc1cc(N(CCC)CCN(C)C)nc(C)n1. The van der Waals surface area contributed by atoms with Crippen LogP contribution in [0.5, 0.6) is 0 Å². The Kier molecular flexibility index (Phi) is 7.30. The first-order chi connectivity index (χ1) is 9.56. The fourth-order valence-electron chi connectivity index (χ4n) is 1.99. The molecule has 20 heavy (non-hydrogen) atoms. The molecule has 1 aromatic heterocycles. The van der Waals surface area contributed by atoms with Gasteiger partial charge in [0.25, 0.3) is 0 Å².